The predicted octanol–water partition coefficient (Wildman–Crippen LogP) is 3.03. The van der Waals surface area contributed by atoms with Crippen LogP contribution in [0.1, 0.15) is 18.4 Å². The minimum atomic E-state index is -0.153. The monoisotopic (exact) mass is 227 g/mol. The molecule has 0 N–H and O–H groups in total. The van der Waals surface area contributed by atoms with Crippen LogP contribution in [0.25, 0.3) is 0 Å². The van der Waals surface area contributed by atoms with Crippen molar-refractivity contribution < 1.29 is 4.39 Å². The van der Waals surface area contributed by atoms with Gasteiger partial charge in [0.05, 0.1) is 0 Å². The van der Waals surface area contributed by atoms with Crippen LogP contribution in [0.3, 0.4) is 0 Å². The largest absolute Gasteiger partial charge is 0.299 e. The van der Waals surface area contributed by atoms with Crippen LogP contribution in [-0.4, -0.2) is 23.4 Å². The van der Waals surface area contributed by atoms with Crippen molar-refractivity contribution in [2.24, 2.45) is 0 Å². The Balaban J connectivity index is 1.92. The molecule has 0 aromatic heterocycles. The molecule has 1 nitrogen and oxygen atoms in total. The molecule has 1 aromatic rings. The maximum absolute atomic E-state index is 12.9. The summed E-state index contributed by atoms with van der Waals surface area (Å²) in [5.74, 6) is -0.153. The summed E-state index contributed by atoms with van der Waals surface area (Å²) in [5, 5.41) is 0.328. The van der Waals surface area contributed by atoms with Crippen molar-refractivity contribution in [1.82, 2.24) is 4.90 Å². The summed E-state index contributed by atoms with van der Waals surface area (Å²) >= 11 is 6.02. The lowest BCUT2D eigenvalue weighted by Crippen LogP contribution is -2.33. The Morgan fingerprint density at radius 3 is 2.73 bits per heavy atom. The normalized spacial score (nSPS) is 19.3. The number of hydrogen-bond donors (Lipinski definition) is 0. The molecule has 0 spiro atoms. The second-order valence-electron chi connectivity index (χ2n) is 4.08. The van der Waals surface area contributed by atoms with Crippen molar-refractivity contribution >= 4 is 11.6 Å². The van der Waals surface area contributed by atoms with E-state index in [1.54, 1.807) is 12.1 Å². The average molecular weight is 228 g/mol. The molecule has 0 atom stereocenters. The lowest BCUT2D eigenvalue weighted by molar-refractivity contribution is 0.223. The van der Waals surface area contributed by atoms with Crippen LogP contribution in [0.5, 0.6) is 0 Å². The summed E-state index contributed by atoms with van der Waals surface area (Å²) in [6, 6.07) is 6.82. The van der Waals surface area contributed by atoms with E-state index in [2.05, 4.69) is 4.90 Å². The van der Waals surface area contributed by atoms with Gasteiger partial charge in [-0.15, -0.1) is 11.6 Å². The Bertz CT molecular complexity index is 321. The summed E-state index contributed by atoms with van der Waals surface area (Å²) in [4.78, 5) is 2.33. The quantitative estimate of drug-likeness (QED) is 0.702. The fraction of sp³-hybridized carbons (Fsp3) is 0.500. The first-order chi connectivity index (χ1) is 7.24. The van der Waals surface area contributed by atoms with Crippen molar-refractivity contribution in [3.63, 3.8) is 0 Å². The zero-order chi connectivity index (χ0) is 10.7. The van der Waals surface area contributed by atoms with Crippen LogP contribution < -0.4 is 0 Å². The molecule has 2 rings (SSSR count). The highest BCUT2D eigenvalue weighted by atomic mass is 35.5. The predicted molar refractivity (Wildman–Crippen MR) is 60.6 cm³/mol. The maximum atomic E-state index is 12.9. The minimum Gasteiger partial charge on any atom is -0.299 e. The van der Waals surface area contributed by atoms with E-state index >= 15 is 0 Å². The Morgan fingerprint density at radius 2 is 2.07 bits per heavy atom. The zero-order valence-electron chi connectivity index (χ0n) is 8.63. The van der Waals surface area contributed by atoms with Crippen LogP contribution in [-0.2, 0) is 6.54 Å². The summed E-state index contributed by atoms with van der Waals surface area (Å²) in [7, 11) is 0. The molecule has 0 saturated carbocycles. The Morgan fingerprint density at radius 1 is 1.33 bits per heavy atom. The molecular weight excluding hydrogens is 213 g/mol. The van der Waals surface area contributed by atoms with Crippen molar-refractivity contribution in [3.8, 4) is 0 Å². The number of alkyl halides is 1. The van der Waals surface area contributed by atoms with Gasteiger partial charge in [0, 0.05) is 11.9 Å². The minimum absolute atomic E-state index is 0.153. The summed E-state index contributed by atoms with van der Waals surface area (Å²) < 4.78 is 12.9. The fourth-order valence-corrected chi connectivity index (χ4v) is 2.15. The maximum Gasteiger partial charge on any atom is 0.123 e. The Labute approximate surface area is 94.8 Å². The standard InChI is InChI=1S/C12H15ClFN/c13-11-4-6-15(7-5-11)9-10-2-1-3-12(14)8-10/h1-3,8,11H,4-7,9H2. The van der Waals surface area contributed by atoms with E-state index in [-0.39, 0.29) is 5.82 Å². The molecule has 0 radical (unpaired) electrons. The van der Waals surface area contributed by atoms with E-state index in [0.29, 0.717) is 5.38 Å². The lowest BCUT2D eigenvalue weighted by atomic mass is 10.1. The van der Waals surface area contributed by atoms with E-state index < -0.39 is 0 Å². The van der Waals surface area contributed by atoms with Gasteiger partial charge < -0.3 is 0 Å². The first-order valence-electron chi connectivity index (χ1n) is 5.35. The number of rotatable bonds is 2. The van der Waals surface area contributed by atoms with E-state index in [0.717, 1.165) is 38.0 Å². The molecule has 0 unspecified atom stereocenters. The lowest BCUT2D eigenvalue weighted by Gasteiger charge is -2.29. The second-order valence-corrected chi connectivity index (χ2v) is 4.70. The van der Waals surface area contributed by atoms with Crippen LogP contribution in [0.2, 0.25) is 0 Å². The SMILES string of the molecule is Fc1cccc(CN2CCC(Cl)CC2)c1. The van der Waals surface area contributed by atoms with E-state index in [1.807, 2.05) is 6.07 Å². The van der Waals surface area contributed by atoms with Crippen LogP contribution >= 0.6 is 11.6 Å². The molecule has 1 aromatic carbocycles. The van der Waals surface area contributed by atoms with Crippen LogP contribution in [0, 0.1) is 5.82 Å². The molecule has 1 heterocycles. The van der Waals surface area contributed by atoms with Crippen molar-refractivity contribution in [1.29, 1.82) is 0 Å². The fourth-order valence-electron chi connectivity index (χ4n) is 1.95. The van der Waals surface area contributed by atoms with Gasteiger partial charge in [-0.3, -0.25) is 4.90 Å². The molecule has 15 heavy (non-hydrogen) atoms. The Hall–Kier alpha value is -0.600. The number of likely N-dealkylation sites (tertiary alicyclic amines) is 1. The van der Waals surface area contributed by atoms with Gasteiger partial charge in [0.1, 0.15) is 5.82 Å². The smallest absolute Gasteiger partial charge is 0.123 e. The summed E-state index contributed by atoms with van der Waals surface area (Å²) in [6.07, 6.45) is 2.08. The number of nitrogens with zero attached hydrogens (tertiary/aromatic N) is 1. The molecule has 0 bridgehead atoms. The first-order valence-corrected chi connectivity index (χ1v) is 5.78. The molecule has 82 valence electrons. The van der Waals surface area contributed by atoms with E-state index in [1.165, 1.54) is 6.07 Å². The summed E-state index contributed by atoms with van der Waals surface area (Å²) in [6.45, 7) is 2.87. The molecule has 3 heteroatoms. The first kappa shape index (κ1) is 10.9. The van der Waals surface area contributed by atoms with Crippen LogP contribution in [0.15, 0.2) is 24.3 Å². The van der Waals surface area contributed by atoms with Gasteiger partial charge in [-0.25, -0.2) is 4.39 Å². The molecule has 1 saturated heterocycles. The highest BCUT2D eigenvalue weighted by Gasteiger charge is 2.16. The van der Waals surface area contributed by atoms with Gasteiger partial charge in [0.15, 0.2) is 0 Å². The molecule has 1 fully saturated rings. The highest BCUT2D eigenvalue weighted by molar-refractivity contribution is 6.20. The van der Waals surface area contributed by atoms with Gasteiger partial charge in [0.2, 0.25) is 0 Å². The number of benzene rings is 1. The summed E-state index contributed by atoms with van der Waals surface area (Å²) in [5.41, 5.74) is 1.04. The average Bonchev–Trinajstić information content (AvgIpc) is 2.22. The third kappa shape index (κ3) is 3.18. The van der Waals surface area contributed by atoms with Crippen molar-refractivity contribution in [2.45, 2.75) is 24.8 Å². The molecule has 1 aliphatic heterocycles. The zero-order valence-corrected chi connectivity index (χ0v) is 9.38. The van der Waals surface area contributed by atoms with Crippen molar-refractivity contribution in [2.75, 3.05) is 13.1 Å². The Kier molecular flexibility index (Phi) is 3.60. The third-order valence-electron chi connectivity index (χ3n) is 2.81. The molecule has 1 aliphatic rings. The molecule has 0 amide bonds. The molecular formula is C12H15ClFN. The van der Waals surface area contributed by atoms with Gasteiger partial charge >= 0.3 is 0 Å². The van der Waals surface area contributed by atoms with Crippen molar-refractivity contribution in [3.05, 3.63) is 35.6 Å². The molecule has 0 aliphatic carbocycles. The second kappa shape index (κ2) is 4.95. The van der Waals surface area contributed by atoms with Crippen LogP contribution in [0.4, 0.5) is 4.39 Å². The van der Waals surface area contributed by atoms with Gasteiger partial charge in [-0.05, 0) is 43.6 Å². The van der Waals surface area contributed by atoms with Gasteiger partial charge in [-0.1, -0.05) is 12.1 Å². The number of halogens is 2. The van der Waals surface area contributed by atoms with E-state index in [9.17, 15) is 4.39 Å². The van der Waals surface area contributed by atoms with Gasteiger partial charge in [0.25, 0.3) is 0 Å². The van der Waals surface area contributed by atoms with E-state index in [4.69, 9.17) is 11.6 Å². The topological polar surface area (TPSA) is 3.24 Å². The highest BCUT2D eigenvalue weighted by Crippen LogP contribution is 2.17. The number of piperidine rings is 1. The van der Waals surface area contributed by atoms with Gasteiger partial charge in [-0.2, -0.15) is 0 Å². The third-order valence-corrected chi connectivity index (χ3v) is 3.25. The number of hydrogen-bond acceptors (Lipinski definition) is 1.